The van der Waals surface area contributed by atoms with Gasteiger partial charge in [-0.25, -0.2) is 4.39 Å². The number of hydrogen-bond acceptors (Lipinski definition) is 3. The van der Waals surface area contributed by atoms with Gasteiger partial charge in [-0.1, -0.05) is 6.07 Å². The number of nitrogens with one attached hydrogen (secondary N) is 1. The largest absolute Gasteiger partial charge is 0.494 e. The molecule has 2 aromatic rings. The number of rotatable bonds is 3. The van der Waals surface area contributed by atoms with Crippen molar-refractivity contribution < 1.29 is 13.9 Å². The predicted octanol–water partition coefficient (Wildman–Crippen LogP) is 2.48. The minimum absolute atomic E-state index is 0.0221. The van der Waals surface area contributed by atoms with Crippen molar-refractivity contribution in [1.82, 2.24) is 4.98 Å². The van der Waals surface area contributed by atoms with Gasteiger partial charge in [0.15, 0.2) is 5.82 Å². The molecule has 0 atom stereocenters. The van der Waals surface area contributed by atoms with Gasteiger partial charge in [0.25, 0.3) is 5.91 Å². The van der Waals surface area contributed by atoms with Crippen molar-refractivity contribution in [2.75, 3.05) is 12.4 Å². The number of carbonyl (C=O) groups excluding carboxylic acids is 1. The smallest absolute Gasteiger partial charge is 0.257 e. The summed E-state index contributed by atoms with van der Waals surface area (Å²) in [5.74, 6) is -0.717. The number of anilines is 1. The molecule has 0 aliphatic carbocycles. The summed E-state index contributed by atoms with van der Waals surface area (Å²) < 4.78 is 18.6. The van der Waals surface area contributed by atoms with Crippen LogP contribution in [0.15, 0.2) is 42.7 Å². The van der Waals surface area contributed by atoms with Crippen LogP contribution in [-0.4, -0.2) is 18.0 Å². The van der Waals surface area contributed by atoms with Crippen molar-refractivity contribution in [2.24, 2.45) is 0 Å². The molecule has 92 valence electrons. The van der Waals surface area contributed by atoms with E-state index in [0.29, 0.717) is 5.56 Å². The minimum atomic E-state index is -0.549. The third kappa shape index (κ3) is 2.45. The Morgan fingerprint density at radius 2 is 2.17 bits per heavy atom. The molecule has 0 fully saturated rings. The molecule has 0 bridgehead atoms. The molecule has 2 rings (SSSR count). The molecule has 1 amide bonds. The predicted molar refractivity (Wildman–Crippen MR) is 65.1 cm³/mol. The molecule has 1 aromatic carbocycles. The van der Waals surface area contributed by atoms with Gasteiger partial charge in [0, 0.05) is 12.4 Å². The third-order valence-electron chi connectivity index (χ3n) is 2.36. The van der Waals surface area contributed by atoms with Crippen LogP contribution in [0.4, 0.5) is 10.1 Å². The van der Waals surface area contributed by atoms with E-state index in [-0.39, 0.29) is 11.4 Å². The number of pyridine rings is 1. The van der Waals surface area contributed by atoms with Gasteiger partial charge >= 0.3 is 0 Å². The van der Waals surface area contributed by atoms with E-state index in [1.165, 1.54) is 25.4 Å². The van der Waals surface area contributed by atoms with Crippen molar-refractivity contribution in [2.45, 2.75) is 0 Å². The summed E-state index contributed by atoms with van der Waals surface area (Å²) in [6, 6.07) is 7.56. The monoisotopic (exact) mass is 246 g/mol. The first kappa shape index (κ1) is 12.0. The second-order valence-corrected chi connectivity index (χ2v) is 3.51. The molecule has 4 nitrogen and oxygen atoms in total. The van der Waals surface area contributed by atoms with E-state index in [1.807, 2.05) is 0 Å². The van der Waals surface area contributed by atoms with Crippen molar-refractivity contribution in [3.63, 3.8) is 0 Å². The average molecular weight is 246 g/mol. The van der Waals surface area contributed by atoms with E-state index in [4.69, 9.17) is 4.74 Å². The zero-order chi connectivity index (χ0) is 13.0. The summed E-state index contributed by atoms with van der Waals surface area (Å²) in [6.07, 6.45) is 2.96. The zero-order valence-electron chi connectivity index (χ0n) is 9.68. The second-order valence-electron chi connectivity index (χ2n) is 3.51. The van der Waals surface area contributed by atoms with Crippen LogP contribution in [0.1, 0.15) is 10.4 Å². The van der Waals surface area contributed by atoms with Crippen LogP contribution in [0.3, 0.4) is 0 Å². The highest BCUT2D eigenvalue weighted by atomic mass is 19.1. The van der Waals surface area contributed by atoms with E-state index in [2.05, 4.69) is 10.3 Å². The highest BCUT2D eigenvalue weighted by molar-refractivity contribution is 6.04. The number of halogens is 1. The highest BCUT2D eigenvalue weighted by Gasteiger charge is 2.13. The Balaban J connectivity index is 2.27. The number of carbonyl (C=O) groups is 1. The maximum absolute atomic E-state index is 13.6. The van der Waals surface area contributed by atoms with Crippen molar-refractivity contribution in [1.29, 1.82) is 0 Å². The molecule has 5 heteroatoms. The summed E-state index contributed by atoms with van der Waals surface area (Å²) in [5, 5.41) is 2.47. The molecular formula is C13H11FN2O2. The van der Waals surface area contributed by atoms with Crippen LogP contribution >= 0.6 is 0 Å². The molecule has 0 spiro atoms. The van der Waals surface area contributed by atoms with Gasteiger partial charge < -0.3 is 10.1 Å². The number of ether oxygens (including phenoxy) is 1. The Bertz CT molecular complexity index is 558. The number of benzene rings is 1. The molecule has 0 aliphatic rings. The lowest BCUT2D eigenvalue weighted by molar-refractivity contribution is 0.102. The second kappa shape index (κ2) is 5.27. The summed E-state index contributed by atoms with van der Waals surface area (Å²) in [4.78, 5) is 15.7. The number of aromatic nitrogens is 1. The Morgan fingerprint density at radius 1 is 1.33 bits per heavy atom. The van der Waals surface area contributed by atoms with Gasteiger partial charge in [0.1, 0.15) is 11.4 Å². The molecule has 0 aliphatic heterocycles. The van der Waals surface area contributed by atoms with Gasteiger partial charge in [0.05, 0.1) is 12.7 Å². The third-order valence-corrected chi connectivity index (χ3v) is 2.36. The topological polar surface area (TPSA) is 51.2 Å². The molecule has 1 heterocycles. The summed E-state index contributed by atoms with van der Waals surface area (Å²) in [7, 11) is 1.41. The SMILES string of the molecule is COc1cccc(F)c1NC(=O)c1cccnc1. The van der Waals surface area contributed by atoms with E-state index in [9.17, 15) is 9.18 Å². The Morgan fingerprint density at radius 3 is 2.83 bits per heavy atom. The summed E-state index contributed by atoms with van der Waals surface area (Å²) in [5.41, 5.74) is 0.372. The standard InChI is InChI=1S/C13H11FN2O2/c1-18-11-6-2-5-10(14)12(11)16-13(17)9-4-3-7-15-8-9/h2-8H,1H3,(H,16,17). The normalized spacial score (nSPS) is 9.89. The van der Waals surface area contributed by atoms with Crippen LogP contribution < -0.4 is 10.1 Å². The Kier molecular flexibility index (Phi) is 3.52. The molecule has 0 saturated carbocycles. The van der Waals surface area contributed by atoms with Crippen LogP contribution in [0.2, 0.25) is 0 Å². The Labute approximate surface area is 103 Å². The number of hydrogen-bond donors (Lipinski definition) is 1. The van der Waals surface area contributed by atoms with Crippen molar-refractivity contribution in [3.8, 4) is 5.75 Å². The van der Waals surface area contributed by atoms with E-state index in [0.717, 1.165) is 0 Å². The first-order valence-electron chi connectivity index (χ1n) is 5.26. The maximum Gasteiger partial charge on any atom is 0.257 e. The van der Waals surface area contributed by atoms with Crippen molar-refractivity contribution >= 4 is 11.6 Å². The number of amides is 1. The first-order valence-corrected chi connectivity index (χ1v) is 5.26. The fraction of sp³-hybridized carbons (Fsp3) is 0.0769. The average Bonchev–Trinajstić information content (AvgIpc) is 2.42. The summed E-state index contributed by atoms with van der Waals surface area (Å²) in [6.45, 7) is 0. The van der Waals surface area contributed by atoms with E-state index in [1.54, 1.807) is 24.4 Å². The lowest BCUT2D eigenvalue weighted by Crippen LogP contribution is -2.14. The van der Waals surface area contributed by atoms with Crippen LogP contribution in [0, 0.1) is 5.82 Å². The number of para-hydroxylation sites is 1. The zero-order valence-corrected chi connectivity index (χ0v) is 9.68. The number of nitrogens with zero attached hydrogens (tertiary/aromatic N) is 1. The molecule has 1 aromatic heterocycles. The molecule has 0 unspecified atom stereocenters. The minimum Gasteiger partial charge on any atom is -0.494 e. The molecule has 18 heavy (non-hydrogen) atoms. The van der Waals surface area contributed by atoms with Gasteiger partial charge in [-0.15, -0.1) is 0 Å². The molecule has 1 N–H and O–H groups in total. The van der Waals surface area contributed by atoms with E-state index < -0.39 is 11.7 Å². The lowest BCUT2D eigenvalue weighted by atomic mass is 10.2. The fourth-order valence-corrected chi connectivity index (χ4v) is 1.48. The highest BCUT2D eigenvalue weighted by Crippen LogP contribution is 2.27. The van der Waals surface area contributed by atoms with Gasteiger partial charge in [-0.05, 0) is 24.3 Å². The lowest BCUT2D eigenvalue weighted by Gasteiger charge is -2.10. The van der Waals surface area contributed by atoms with Gasteiger partial charge in [0.2, 0.25) is 0 Å². The Hall–Kier alpha value is -2.43. The first-order chi connectivity index (χ1) is 8.72. The van der Waals surface area contributed by atoms with Crippen molar-refractivity contribution in [3.05, 3.63) is 54.1 Å². The number of methoxy groups -OCH3 is 1. The van der Waals surface area contributed by atoms with Crippen LogP contribution in [-0.2, 0) is 0 Å². The van der Waals surface area contributed by atoms with Gasteiger partial charge in [-0.3, -0.25) is 9.78 Å². The van der Waals surface area contributed by atoms with Crippen LogP contribution in [0.25, 0.3) is 0 Å². The summed E-state index contributed by atoms with van der Waals surface area (Å²) >= 11 is 0. The molecule has 0 radical (unpaired) electrons. The molecule has 0 saturated heterocycles. The van der Waals surface area contributed by atoms with Gasteiger partial charge in [-0.2, -0.15) is 0 Å². The maximum atomic E-state index is 13.6. The van der Waals surface area contributed by atoms with Crippen LogP contribution in [0.5, 0.6) is 5.75 Å². The van der Waals surface area contributed by atoms with E-state index >= 15 is 0 Å². The fourth-order valence-electron chi connectivity index (χ4n) is 1.48. The molecular weight excluding hydrogens is 235 g/mol. The quantitative estimate of drug-likeness (QED) is 0.905.